The lowest BCUT2D eigenvalue weighted by atomic mass is 10.3. The van der Waals surface area contributed by atoms with Crippen LogP contribution in [0.3, 0.4) is 0 Å². The smallest absolute Gasteiger partial charge is 0.433 e. The minimum absolute atomic E-state index is 0.141. The second kappa shape index (κ2) is 6.64. The summed E-state index contributed by atoms with van der Waals surface area (Å²) in [5.41, 5.74) is 0. The maximum absolute atomic E-state index is 10.7. The van der Waals surface area contributed by atoms with Crippen LogP contribution >= 0.6 is 11.8 Å². The van der Waals surface area contributed by atoms with Gasteiger partial charge in [0.25, 0.3) is 0 Å². The van der Waals surface area contributed by atoms with E-state index in [0.717, 1.165) is 0 Å². The molecule has 0 aliphatic carbocycles. The van der Waals surface area contributed by atoms with Crippen molar-refractivity contribution in [2.24, 2.45) is 0 Å². The molecule has 1 heterocycles. The topological polar surface area (TPSA) is 123 Å². The number of thioether (sulfide) groups is 1. The number of aliphatic carboxylic acids is 1. The maximum Gasteiger partial charge on any atom is 0.433 e. The number of hydrogen-bond acceptors (Lipinski definition) is 6. The summed E-state index contributed by atoms with van der Waals surface area (Å²) in [4.78, 5) is 30.5. The van der Waals surface area contributed by atoms with E-state index >= 15 is 0 Å². The number of nitrogens with zero attached hydrogens (tertiary/aromatic N) is 1. The SMILES string of the molecule is O=CNC(CSCc1ccc([N+](=O)[O-])o1)C(=O)O. The highest BCUT2D eigenvalue weighted by Gasteiger charge is 2.17. The number of furan rings is 1. The molecule has 8 nitrogen and oxygen atoms in total. The third-order valence-corrected chi connectivity index (χ3v) is 2.98. The Hall–Kier alpha value is -2.03. The summed E-state index contributed by atoms with van der Waals surface area (Å²) in [7, 11) is 0. The minimum atomic E-state index is -1.14. The first-order valence-electron chi connectivity index (χ1n) is 4.78. The first-order chi connectivity index (χ1) is 8.54. The summed E-state index contributed by atoms with van der Waals surface area (Å²) >= 11 is 1.19. The van der Waals surface area contributed by atoms with Crippen LogP contribution in [-0.4, -0.2) is 34.2 Å². The van der Waals surface area contributed by atoms with Crippen LogP contribution in [0.5, 0.6) is 0 Å². The predicted octanol–water partition coefficient (Wildman–Crippen LogP) is 0.620. The molecule has 18 heavy (non-hydrogen) atoms. The summed E-state index contributed by atoms with van der Waals surface area (Å²) in [5.74, 6) is -0.686. The van der Waals surface area contributed by atoms with Gasteiger partial charge < -0.3 is 14.8 Å². The molecule has 0 spiro atoms. The molecule has 1 amide bonds. The van der Waals surface area contributed by atoms with Crippen molar-refractivity contribution in [3.05, 3.63) is 28.0 Å². The van der Waals surface area contributed by atoms with Crippen LogP contribution in [0.2, 0.25) is 0 Å². The summed E-state index contributed by atoms with van der Waals surface area (Å²) in [5, 5.41) is 21.2. The zero-order valence-corrected chi connectivity index (χ0v) is 9.88. The van der Waals surface area contributed by atoms with E-state index in [-0.39, 0.29) is 17.4 Å². The van der Waals surface area contributed by atoms with Crippen molar-refractivity contribution in [1.29, 1.82) is 0 Å². The van der Waals surface area contributed by atoms with Crippen LogP contribution in [0, 0.1) is 10.1 Å². The van der Waals surface area contributed by atoms with Crippen molar-refractivity contribution in [3.63, 3.8) is 0 Å². The van der Waals surface area contributed by atoms with Gasteiger partial charge in [-0.2, -0.15) is 11.8 Å². The number of nitrogens with one attached hydrogen (secondary N) is 1. The van der Waals surface area contributed by atoms with Crippen LogP contribution in [0.25, 0.3) is 0 Å². The molecule has 0 saturated heterocycles. The van der Waals surface area contributed by atoms with Crippen LogP contribution in [0.15, 0.2) is 16.5 Å². The van der Waals surface area contributed by atoms with Crippen molar-refractivity contribution in [2.75, 3.05) is 5.75 Å². The van der Waals surface area contributed by atoms with Crippen molar-refractivity contribution in [1.82, 2.24) is 5.32 Å². The van der Waals surface area contributed by atoms with Crippen molar-refractivity contribution < 1.29 is 24.0 Å². The molecule has 2 N–H and O–H groups in total. The van der Waals surface area contributed by atoms with Crippen molar-refractivity contribution in [3.8, 4) is 0 Å². The minimum Gasteiger partial charge on any atom is -0.480 e. The van der Waals surface area contributed by atoms with Gasteiger partial charge in [-0.05, 0) is 6.07 Å². The molecule has 0 aliphatic rings. The van der Waals surface area contributed by atoms with E-state index in [4.69, 9.17) is 9.52 Å². The van der Waals surface area contributed by atoms with E-state index in [2.05, 4.69) is 5.32 Å². The number of carboxylic acids is 1. The van der Waals surface area contributed by atoms with E-state index < -0.39 is 16.9 Å². The Balaban J connectivity index is 2.42. The molecule has 1 atom stereocenters. The summed E-state index contributed by atoms with van der Waals surface area (Å²) in [6.07, 6.45) is 0.317. The Morgan fingerprint density at radius 2 is 2.39 bits per heavy atom. The number of hydrogen-bond donors (Lipinski definition) is 2. The van der Waals surface area contributed by atoms with Crippen LogP contribution < -0.4 is 5.32 Å². The number of carbonyl (C=O) groups is 2. The van der Waals surface area contributed by atoms with E-state index in [1.807, 2.05) is 0 Å². The summed E-state index contributed by atoms with van der Waals surface area (Å²) < 4.78 is 4.89. The Bertz CT molecular complexity index is 446. The molecule has 9 heteroatoms. The highest BCUT2D eigenvalue weighted by molar-refractivity contribution is 7.98. The number of nitro groups is 1. The van der Waals surface area contributed by atoms with Gasteiger partial charge in [-0.1, -0.05) is 0 Å². The van der Waals surface area contributed by atoms with Crippen LogP contribution in [0.1, 0.15) is 5.76 Å². The lowest BCUT2D eigenvalue weighted by Gasteiger charge is -2.09. The first kappa shape index (κ1) is 14.0. The van der Waals surface area contributed by atoms with Gasteiger partial charge in [-0.25, -0.2) is 4.79 Å². The largest absolute Gasteiger partial charge is 0.480 e. The second-order valence-corrected chi connectivity index (χ2v) is 4.22. The Morgan fingerprint density at radius 1 is 1.67 bits per heavy atom. The van der Waals surface area contributed by atoms with Crippen molar-refractivity contribution >= 4 is 30.0 Å². The Morgan fingerprint density at radius 3 is 2.89 bits per heavy atom. The zero-order valence-electron chi connectivity index (χ0n) is 9.07. The summed E-state index contributed by atoms with van der Waals surface area (Å²) in [6.45, 7) is 0. The molecule has 0 bridgehead atoms. The fraction of sp³-hybridized carbons (Fsp3) is 0.333. The van der Waals surface area contributed by atoms with E-state index in [1.54, 1.807) is 0 Å². The molecule has 1 aromatic heterocycles. The lowest BCUT2D eigenvalue weighted by molar-refractivity contribution is -0.402. The first-order valence-corrected chi connectivity index (χ1v) is 5.93. The zero-order chi connectivity index (χ0) is 13.5. The molecule has 1 unspecified atom stereocenters. The van der Waals surface area contributed by atoms with Gasteiger partial charge in [-0.15, -0.1) is 0 Å². The number of rotatable bonds is 8. The number of carboxylic acid groups (broad SMARTS) is 1. The van der Waals surface area contributed by atoms with Gasteiger partial charge in [0.05, 0.1) is 11.8 Å². The van der Waals surface area contributed by atoms with Crippen LogP contribution in [-0.2, 0) is 15.3 Å². The highest BCUT2D eigenvalue weighted by atomic mass is 32.2. The normalized spacial score (nSPS) is 11.8. The van der Waals surface area contributed by atoms with Gasteiger partial charge in [0.2, 0.25) is 6.41 Å². The third kappa shape index (κ3) is 4.09. The number of carbonyl (C=O) groups excluding carboxylic acids is 1. The van der Waals surface area contributed by atoms with E-state index in [9.17, 15) is 19.7 Å². The number of amides is 1. The molecule has 1 rings (SSSR count). The standard InChI is InChI=1S/C9H10N2O6S/c12-5-10-7(9(13)14)4-18-3-6-1-2-8(17-6)11(15)16/h1-2,5,7H,3-4H2,(H,10,12)(H,13,14). The molecule has 0 radical (unpaired) electrons. The summed E-state index contributed by atoms with van der Waals surface area (Å²) in [6, 6.07) is 1.69. The average molecular weight is 274 g/mol. The average Bonchev–Trinajstić information content (AvgIpc) is 2.76. The Labute approximate surface area is 105 Å². The molecular formula is C9H10N2O6S. The lowest BCUT2D eigenvalue weighted by Crippen LogP contribution is -2.37. The fourth-order valence-electron chi connectivity index (χ4n) is 1.09. The van der Waals surface area contributed by atoms with Gasteiger partial charge in [0, 0.05) is 5.75 Å². The van der Waals surface area contributed by atoms with E-state index in [1.165, 1.54) is 23.9 Å². The van der Waals surface area contributed by atoms with Gasteiger partial charge in [-0.3, -0.25) is 14.9 Å². The molecule has 0 aliphatic heterocycles. The monoisotopic (exact) mass is 274 g/mol. The van der Waals surface area contributed by atoms with E-state index in [0.29, 0.717) is 12.2 Å². The quantitative estimate of drug-likeness (QED) is 0.404. The maximum atomic E-state index is 10.7. The fourth-order valence-corrected chi connectivity index (χ4v) is 2.04. The third-order valence-electron chi connectivity index (χ3n) is 1.92. The second-order valence-electron chi connectivity index (χ2n) is 3.19. The van der Waals surface area contributed by atoms with Crippen LogP contribution in [0.4, 0.5) is 5.88 Å². The van der Waals surface area contributed by atoms with Gasteiger partial charge >= 0.3 is 11.9 Å². The van der Waals surface area contributed by atoms with Gasteiger partial charge in [0.15, 0.2) is 0 Å². The highest BCUT2D eigenvalue weighted by Crippen LogP contribution is 2.20. The molecule has 0 aromatic carbocycles. The molecular weight excluding hydrogens is 264 g/mol. The van der Waals surface area contributed by atoms with Crippen molar-refractivity contribution in [2.45, 2.75) is 11.8 Å². The predicted molar refractivity (Wildman–Crippen MR) is 62.1 cm³/mol. The molecule has 98 valence electrons. The molecule has 0 fully saturated rings. The Kier molecular flexibility index (Phi) is 5.18. The van der Waals surface area contributed by atoms with Gasteiger partial charge in [0.1, 0.15) is 16.7 Å². The molecule has 1 aromatic rings. The molecule has 0 saturated carbocycles.